The molecule has 11 nitrogen and oxygen atoms in total. The van der Waals surface area contributed by atoms with Crippen LogP contribution in [0.5, 0.6) is 57.5 Å². The lowest BCUT2D eigenvalue weighted by molar-refractivity contribution is 0.395. The molecule has 64 heavy (non-hydrogen) atoms. The average molecular weight is 842 g/mol. The molecule has 10 aromatic carbocycles. The van der Waals surface area contributed by atoms with E-state index < -0.39 is 90.2 Å². The van der Waals surface area contributed by atoms with Gasteiger partial charge >= 0.3 is 0 Å². The first-order valence-electron chi connectivity index (χ1n) is 20.3. The number of benzene rings is 10. The van der Waals surface area contributed by atoms with Gasteiger partial charge in [0.05, 0.1) is 16.5 Å². The maximum absolute atomic E-state index is 12.6. The third-order valence-corrected chi connectivity index (χ3v) is 13.1. The molecular weight excluding hydrogens is 809 g/mol. The Balaban J connectivity index is 1.35. The Morgan fingerprint density at radius 1 is 0.297 bits per heavy atom. The van der Waals surface area contributed by atoms with E-state index in [0.29, 0.717) is 27.1 Å². The second-order valence-corrected chi connectivity index (χ2v) is 16.3. The van der Waals surface area contributed by atoms with Gasteiger partial charge in [-0.25, -0.2) is 0 Å². The van der Waals surface area contributed by atoms with E-state index in [9.17, 15) is 51.1 Å². The lowest BCUT2D eigenvalue weighted by atomic mass is 9.76. The van der Waals surface area contributed by atoms with Crippen LogP contribution in [0.4, 0.5) is 0 Å². The van der Waals surface area contributed by atoms with E-state index in [1.807, 2.05) is 72.8 Å². The van der Waals surface area contributed by atoms with Crippen LogP contribution >= 0.6 is 0 Å². The Morgan fingerprint density at radius 3 is 1.45 bits per heavy atom. The molecule has 0 atom stereocenters. The van der Waals surface area contributed by atoms with E-state index in [1.54, 1.807) is 24.3 Å². The first-order chi connectivity index (χ1) is 30.7. The minimum Gasteiger partial charge on any atom is -0.508 e. The molecule has 1 aromatic heterocycles. The van der Waals surface area contributed by atoms with Crippen molar-refractivity contribution in [1.82, 2.24) is 0 Å². The molecule has 0 saturated carbocycles. The SMILES string of the molecule is Bc1c(B)c(O)c(-c2c(O)c(O)c3c(-c4c5ccccc5c(-c5cccc6oc7c8ccccc8ccc7c56)c5ccccc45)c(O)c4c(O)c(O)c(B)c(O)c4c3c2O)c(O)c1O. The molecular formula is C50H33B3O11. The van der Waals surface area contributed by atoms with Crippen LogP contribution < -0.4 is 16.4 Å². The summed E-state index contributed by atoms with van der Waals surface area (Å²) in [6, 6.07) is 32.6. The van der Waals surface area contributed by atoms with Crippen molar-refractivity contribution in [1.29, 1.82) is 0 Å². The third kappa shape index (κ3) is 4.79. The summed E-state index contributed by atoms with van der Waals surface area (Å²) >= 11 is 0. The number of phenols is 10. The minimum absolute atomic E-state index is 0.0756. The van der Waals surface area contributed by atoms with E-state index >= 15 is 0 Å². The molecule has 0 aliphatic rings. The summed E-state index contributed by atoms with van der Waals surface area (Å²) in [5, 5.41) is 122. The second kappa shape index (κ2) is 13.2. The van der Waals surface area contributed by atoms with Crippen molar-refractivity contribution in [2.24, 2.45) is 0 Å². The van der Waals surface area contributed by atoms with Gasteiger partial charge in [0.2, 0.25) is 0 Å². The van der Waals surface area contributed by atoms with Gasteiger partial charge in [-0.15, -0.1) is 0 Å². The van der Waals surface area contributed by atoms with Crippen molar-refractivity contribution in [2.75, 3.05) is 0 Å². The summed E-state index contributed by atoms with van der Waals surface area (Å²) in [5.74, 6) is -8.31. The highest BCUT2D eigenvalue weighted by Gasteiger charge is 2.35. The molecule has 0 aliphatic carbocycles. The summed E-state index contributed by atoms with van der Waals surface area (Å²) in [6.45, 7) is 0. The second-order valence-electron chi connectivity index (χ2n) is 16.3. The van der Waals surface area contributed by atoms with Crippen molar-refractivity contribution < 1.29 is 55.5 Å². The summed E-state index contributed by atoms with van der Waals surface area (Å²) in [4.78, 5) is 0. The van der Waals surface area contributed by atoms with Crippen LogP contribution in [0.3, 0.4) is 0 Å². The predicted octanol–water partition coefficient (Wildman–Crippen LogP) is 6.18. The van der Waals surface area contributed by atoms with Crippen LogP contribution in [0.2, 0.25) is 0 Å². The zero-order chi connectivity index (χ0) is 44.8. The molecule has 0 amide bonds. The number of rotatable bonds is 3. The summed E-state index contributed by atoms with van der Waals surface area (Å²) in [5.41, 5.74) is 1.60. The number of fused-ring (bicyclic) bond motifs is 10. The number of hydrogen-bond donors (Lipinski definition) is 10. The zero-order valence-electron chi connectivity index (χ0n) is 34.2. The fourth-order valence-corrected chi connectivity index (χ4v) is 9.87. The number of furan rings is 1. The third-order valence-electron chi connectivity index (χ3n) is 13.1. The molecule has 308 valence electrons. The standard InChI is InChI=1S/C50H33B3O11/c51-37-38(52)48(62)47(61)36(43(37)57)35-41(55)31-32(44(58)45(35)59)30(40(54)34-33(31)42(56)39(53)49(63)46(34)60)29-22-12-5-3-10-20(22)27(21-11-4-6-13-23(21)29)24-14-7-15-26-28(24)25-17-16-18-8-1-2-9-19(18)50(25)64-26/h1-17,54-63H,51-53H2. The van der Waals surface area contributed by atoms with Gasteiger partial charge in [-0.3, -0.25) is 0 Å². The van der Waals surface area contributed by atoms with E-state index in [4.69, 9.17) is 4.42 Å². The molecule has 0 radical (unpaired) electrons. The molecule has 0 bridgehead atoms. The molecule has 11 rings (SSSR count). The van der Waals surface area contributed by atoms with Crippen molar-refractivity contribution in [3.63, 3.8) is 0 Å². The quantitative estimate of drug-likeness (QED) is 0.0319. The number of hydrogen-bond acceptors (Lipinski definition) is 11. The summed E-state index contributed by atoms with van der Waals surface area (Å²) in [7, 11) is 4.15. The molecule has 0 spiro atoms. The molecule has 14 heteroatoms. The lowest BCUT2D eigenvalue weighted by Crippen LogP contribution is -2.26. The van der Waals surface area contributed by atoms with Gasteiger partial charge < -0.3 is 55.5 Å². The van der Waals surface area contributed by atoms with Crippen molar-refractivity contribution >= 4 is 116 Å². The monoisotopic (exact) mass is 842 g/mol. The van der Waals surface area contributed by atoms with Gasteiger partial charge in [0.25, 0.3) is 0 Å². The van der Waals surface area contributed by atoms with Crippen LogP contribution in [-0.4, -0.2) is 74.6 Å². The van der Waals surface area contributed by atoms with Crippen molar-refractivity contribution in [3.05, 3.63) is 103 Å². The van der Waals surface area contributed by atoms with Crippen LogP contribution in [0.25, 0.3) is 109 Å². The van der Waals surface area contributed by atoms with E-state index in [2.05, 4.69) is 6.07 Å². The fraction of sp³-hybridized carbons (Fsp3) is 0. The average Bonchev–Trinajstić information content (AvgIpc) is 3.70. The molecule has 1 heterocycles. The van der Waals surface area contributed by atoms with Gasteiger partial charge in [0.15, 0.2) is 34.5 Å². The summed E-state index contributed by atoms with van der Waals surface area (Å²) in [6.07, 6.45) is 0. The molecule has 10 N–H and O–H groups in total. The Morgan fingerprint density at radius 2 is 0.797 bits per heavy atom. The normalized spacial score (nSPS) is 11.9. The summed E-state index contributed by atoms with van der Waals surface area (Å²) < 4.78 is 6.58. The molecule has 0 unspecified atom stereocenters. The number of aromatic hydroxyl groups is 10. The largest absolute Gasteiger partial charge is 0.508 e. The first kappa shape index (κ1) is 38.4. The van der Waals surface area contributed by atoms with Gasteiger partial charge in [-0.1, -0.05) is 91.0 Å². The van der Waals surface area contributed by atoms with E-state index in [-0.39, 0.29) is 27.5 Å². The Bertz CT molecular complexity index is 3870. The Labute approximate surface area is 364 Å². The van der Waals surface area contributed by atoms with E-state index in [0.717, 1.165) is 38.3 Å². The topological polar surface area (TPSA) is 215 Å². The van der Waals surface area contributed by atoms with Gasteiger partial charge in [-0.2, -0.15) is 0 Å². The number of phenolic OH excluding ortho intramolecular Hbond substituents is 10. The lowest BCUT2D eigenvalue weighted by Gasteiger charge is -2.24. The van der Waals surface area contributed by atoms with Crippen molar-refractivity contribution in [3.8, 4) is 90.9 Å². The highest BCUT2D eigenvalue weighted by molar-refractivity contribution is 6.52. The van der Waals surface area contributed by atoms with Gasteiger partial charge in [0, 0.05) is 43.4 Å². The highest BCUT2D eigenvalue weighted by Crippen LogP contribution is 2.62. The Hall–Kier alpha value is -8.51. The predicted molar refractivity (Wildman–Crippen MR) is 259 cm³/mol. The van der Waals surface area contributed by atoms with Crippen molar-refractivity contribution in [2.45, 2.75) is 0 Å². The molecule has 0 saturated heterocycles. The van der Waals surface area contributed by atoms with Gasteiger partial charge in [0.1, 0.15) is 57.7 Å². The van der Waals surface area contributed by atoms with Crippen LogP contribution in [0.1, 0.15) is 0 Å². The molecule has 0 fully saturated rings. The van der Waals surface area contributed by atoms with Crippen LogP contribution in [-0.2, 0) is 0 Å². The smallest absolute Gasteiger partial charge is 0.170 e. The van der Waals surface area contributed by atoms with Crippen LogP contribution in [0.15, 0.2) is 108 Å². The zero-order valence-corrected chi connectivity index (χ0v) is 34.2. The van der Waals surface area contributed by atoms with E-state index in [1.165, 1.54) is 23.5 Å². The molecule has 11 aromatic rings. The fourth-order valence-electron chi connectivity index (χ4n) is 9.87. The maximum atomic E-state index is 12.6. The Kier molecular flexibility index (Phi) is 7.95. The maximum Gasteiger partial charge on any atom is 0.170 e. The molecule has 0 aliphatic heterocycles. The highest BCUT2D eigenvalue weighted by atomic mass is 16.3. The van der Waals surface area contributed by atoms with Crippen LogP contribution in [0, 0.1) is 0 Å². The first-order valence-corrected chi connectivity index (χ1v) is 20.3. The van der Waals surface area contributed by atoms with Gasteiger partial charge in [-0.05, 0) is 66.6 Å². The minimum atomic E-state index is -1.06.